The molecule has 0 aliphatic carbocycles. The highest BCUT2D eigenvalue weighted by Crippen LogP contribution is 2.28. The van der Waals surface area contributed by atoms with E-state index in [2.05, 4.69) is 0 Å². The number of benzene rings is 2. The number of nitrogens with one attached hydrogen (secondary N) is 1. The molecule has 0 saturated carbocycles. The van der Waals surface area contributed by atoms with Crippen LogP contribution in [0.1, 0.15) is 22.6 Å². The molecule has 23 heavy (non-hydrogen) atoms. The zero-order valence-corrected chi connectivity index (χ0v) is 13.4. The molecule has 0 radical (unpaired) electrons. The Morgan fingerprint density at radius 2 is 1.70 bits per heavy atom. The Bertz CT molecular complexity index is 832. The third-order valence-electron chi connectivity index (χ3n) is 3.28. The summed E-state index contributed by atoms with van der Waals surface area (Å²) in [6.45, 7) is 1.88. The van der Waals surface area contributed by atoms with Gasteiger partial charge in [-0.3, -0.25) is 9.52 Å². The van der Waals surface area contributed by atoms with Gasteiger partial charge in [0.1, 0.15) is 11.7 Å². The van der Waals surface area contributed by atoms with E-state index in [1.165, 1.54) is 12.1 Å². The lowest BCUT2D eigenvalue weighted by molar-refractivity contribution is -0.137. The SMILES string of the molecule is Cc1ccc(C(C(=O)O)c2ccc(NS(C)(=O)=O)c(F)c2)cc1. The minimum atomic E-state index is -3.61. The number of carboxylic acids is 1. The van der Waals surface area contributed by atoms with E-state index in [4.69, 9.17) is 0 Å². The van der Waals surface area contributed by atoms with Crippen LogP contribution in [0, 0.1) is 12.7 Å². The van der Waals surface area contributed by atoms with Crippen molar-refractivity contribution in [2.45, 2.75) is 12.8 Å². The van der Waals surface area contributed by atoms with Crippen LogP contribution in [-0.4, -0.2) is 25.7 Å². The Balaban J connectivity index is 2.43. The molecule has 1 unspecified atom stereocenters. The number of anilines is 1. The maximum atomic E-state index is 14.1. The van der Waals surface area contributed by atoms with Gasteiger partial charge in [-0.05, 0) is 30.2 Å². The number of halogens is 1. The van der Waals surface area contributed by atoms with E-state index in [1.807, 2.05) is 11.6 Å². The summed E-state index contributed by atoms with van der Waals surface area (Å²) < 4.78 is 38.4. The zero-order chi connectivity index (χ0) is 17.2. The molecule has 0 spiro atoms. The summed E-state index contributed by atoms with van der Waals surface area (Å²) in [5.41, 5.74) is 1.52. The van der Waals surface area contributed by atoms with Crippen molar-refractivity contribution >= 4 is 21.7 Å². The van der Waals surface area contributed by atoms with E-state index in [9.17, 15) is 22.7 Å². The Labute approximate surface area is 133 Å². The largest absolute Gasteiger partial charge is 0.481 e. The second-order valence-corrected chi connectivity index (χ2v) is 7.04. The normalized spacial score (nSPS) is 12.7. The molecular weight excluding hydrogens is 321 g/mol. The summed E-state index contributed by atoms with van der Waals surface area (Å²) in [7, 11) is -3.61. The molecule has 0 fully saturated rings. The van der Waals surface area contributed by atoms with Gasteiger partial charge in [0.25, 0.3) is 0 Å². The van der Waals surface area contributed by atoms with E-state index in [-0.39, 0.29) is 11.3 Å². The molecule has 0 amide bonds. The predicted molar refractivity (Wildman–Crippen MR) is 85.5 cm³/mol. The summed E-state index contributed by atoms with van der Waals surface area (Å²) in [4.78, 5) is 11.6. The van der Waals surface area contributed by atoms with Gasteiger partial charge in [-0.1, -0.05) is 35.9 Å². The fourth-order valence-electron chi connectivity index (χ4n) is 2.23. The number of carbonyl (C=O) groups is 1. The Hall–Kier alpha value is -2.41. The maximum absolute atomic E-state index is 14.1. The number of carboxylic acid groups (broad SMARTS) is 1. The molecule has 2 aromatic rings. The van der Waals surface area contributed by atoms with E-state index < -0.39 is 27.7 Å². The second-order valence-electron chi connectivity index (χ2n) is 5.30. The van der Waals surface area contributed by atoms with Gasteiger partial charge in [0.05, 0.1) is 11.9 Å². The first-order valence-corrected chi connectivity index (χ1v) is 8.63. The van der Waals surface area contributed by atoms with Crippen LogP contribution in [0.4, 0.5) is 10.1 Å². The summed E-state index contributed by atoms with van der Waals surface area (Å²) in [6, 6.07) is 10.6. The third kappa shape index (κ3) is 4.29. The first-order chi connectivity index (χ1) is 10.7. The average molecular weight is 337 g/mol. The molecule has 2 N–H and O–H groups in total. The number of aliphatic carboxylic acids is 1. The van der Waals surface area contributed by atoms with E-state index in [1.54, 1.807) is 24.3 Å². The number of aryl methyl sites for hydroxylation is 1. The molecule has 1 atom stereocenters. The smallest absolute Gasteiger partial charge is 0.315 e. The van der Waals surface area contributed by atoms with Crippen molar-refractivity contribution in [1.82, 2.24) is 0 Å². The van der Waals surface area contributed by atoms with Crippen molar-refractivity contribution in [3.05, 3.63) is 65.0 Å². The lowest BCUT2D eigenvalue weighted by atomic mass is 9.90. The average Bonchev–Trinajstić information content (AvgIpc) is 2.42. The molecule has 122 valence electrons. The van der Waals surface area contributed by atoms with Crippen molar-refractivity contribution in [2.24, 2.45) is 0 Å². The number of hydrogen-bond donors (Lipinski definition) is 2. The predicted octanol–water partition coefficient (Wildman–Crippen LogP) is 2.72. The molecule has 0 aliphatic heterocycles. The molecule has 0 aliphatic rings. The lowest BCUT2D eigenvalue weighted by Gasteiger charge is -2.15. The Morgan fingerprint density at radius 3 is 2.17 bits per heavy atom. The van der Waals surface area contributed by atoms with Crippen molar-refractivity contribution in [3.8, 4) is 0 Å². The fraction of sp³-hybridized carbons (Fsp3) is 0.188. The highest BCUT2D eigenvalue weighted by atomic mass is 32.2. The fourth-order valence-corrected chi connectivity index (χ4v) is 2.79. The van der Waals surface area contributed by atoms with Gasteiger partial charge in [-0.2, -0.15) is 0 Å². The van der Waals surface area contributed by atoms with Crippen molar-refractivity contribution < 1.29 is 22.7 Å². The molecule has 7 heteroatoms. The summed E-state index contributed by atoms with van der Waals surface area (Å²) in [5.74, 6) is -2.97. The van der Waals surface area contributed by atoms with Crippen LogP contribution in [0.3, 0.4) is 0 Å². The van der Waals surface area contributed by atoms with E-state index >= 15 is 0 Å². The van der Waals surface area contributed by atoms with Crippen LogP contribution in [-0.2, 0) is 14.8 Å². The van der Waals surface area contributed by atoms with Crippen molar-refractivity contribution in [2.75, 3.05) is 11.0 Å². The molecule has 0 heterocycles. The van der Waals surface area contributed by atoms with Crippen molar-refractivity contribution in [1.29, 1.82) is 0 Å². The first-order valence-electron chi connectivity index (χ1n) is 6.74. The minimum Gasteiger partial charge on any atom is -0.481 e. The van der Waals surface area contributed by atoms with Crippen LogP contribution in [0.25, 0.3) is 0 Å². The highest BCUT2D eigenvalue weighted by Gasteiger charge is 2.23. The molecular formula is C16H16FNO4S. The zero-order valence-electron chi connectivity index (χ0n) is 12.6. The van der Waals surface area contributed by atoms with Gasteiger partial charge >= 0.3 is 5.97 Å². The number of sulfonamides is 1. The summed E-state index contributed by atoms with van der Waals surface area (Å²) in [5, 5.41) is 9.46. The van der Waals surface area contributed by atoms with Crippen LogP contribution in [0.5, 0.6) is 0 Å². The second kappa shape index (κ2) is 6.37. The lowest BCUT2D eigenvalue weighted by Crippen LogP contribution is -2.15. The number of rotatable bonds is 5. The molecule has 2 rings (SSSR count). The van der Waals surface area contributed by atoms with Crippen LogP contribution < -0.4 is 4.72 Å². The van der Waals surface area contributed by atoms with Gasteiger partial charge in [0.2, 0.25) is 10.0 Å². The molecule has 0 bridgehead atoms. The third-order valence-corrected chi connectivity index (χ3v) is 3.87. The monoisotopic (exact) mass is 337 g/mol. The first kappa shape index (κ1) is 17.0. The minimum absolute atomic E-state index is 0.218. The van der Waals surface area contributed by atoms with E-state index in [0.29, 0.717) is 5.56 Å². The van der Waals surface area contributed by atoms with Crippen LogP contribution in [0.15, 0.2) is 42.5 Å². The van der Waals surface area contributed by atoms with Gasteiger partial charge in [0, 0.05) is 0 Å². The molecule has 2 aromatic carbocycles. The van der Waals surface area contributed by atoms with Gasteiger partial charge < -0.3 is 5.11 Å². The molecule has 0 aromatic heterocycles. The van der Waals surface area contributed by atoms with E-state index in [0.717, 1.165) is 17.9 Å². The highest BCUT2D eigenvalue weighted by molar-refractivity contribution is 7.92. The Morgan fingerprint density at radius 1 is 1.13 bits per heavy atom. The van der Waals surface area contributed by atoms with Crippen molar-refractivity contribution in [3.63, 3.8) is 0 Å². The number of hydrogen-bond acceptors (Lipinski definition) is 3. The summed E-state index contributed by atoms with van der Waals surface area (Å²) >= 11 is 0. The molecule has 0 saturated heterocycles. The quantitative estimate of drug-likeness (QED) is 0.879. The van der Waals surface area contributed by atoms with Gasteiger partial charge in [-0.15, -0.1) is 0 Å². The standard InChI is InChI=1S/C16H16FNO4S/c1-10-3-5-11(6-4-10)15(16(19)20)12-7-8-14(13(17)9-12)18-23(2,21)22/h3-9,15,18H,1-2H3,(H,19,20). The van der Waals surface area contributed by atoms with Crippen LogP contribution in [0.2, 0.25) is 0 Å². The summed E-state index contributed by atoms with van der Waals surface area (Å²) in [6.07, 6.45) is 0.909. The van der Waals surface area contributed by atoms with Gasteiger partial charge in [0.15, 0.2) is 0 Å². The maximum Gasteiger partial charge on any atom is 0.315 e. The van der Waals surface area contributed by atoms with Crippen LogP contribution >= 0.6 is 0 Å². The Kier molecular flexibility index (Phi) is 4.70. The molecule has 5 nitrogen and oxygen atoms in total. The topological polar surface area (TPSA) is 83.5 Å². The van der Waals surface area contributed by atoms with Gasteiger partial charge in [-0.25, -0.2) is 12.8 Å².